The molecule has 0 aliphatic carbocycles. The van der Waals surface area contributed by atoms with E-state index in [1.165, 1.54) is 6.07 Å². The number of guanidine groups is 1. The molecule has 0 saturated carbocycles. The number of hydrogen-bond donors (Lipinski definition) is 2. The Morgan fingerprint density at radius 1 is 1.07 bits per heavy atom. The highest BCUT2D eigenvalue weighted by molar-refractivity contribution is 6.03. The summed E-state index contributed by atoms with van der Waals surface area (Å²) in [6.07, 6.45) is -0.502. The molecule has 2 heterocycles. The normalized spacial score (nSPS) is 15.2. The zero-order valence-corrected chi connectivity index (χ0v) is 15.9. The molecule has 2 aromatic carbocycles. The van der Waals surface area contributed by atoms with E-state index in [1.54, 1.807) is 18.6 Å². The quantitative estimate of drug-likeness (QED) is 0.734. The van der Waals surface area contributed by atoms with Crippen molar-refractivity contribution in [1.82, 2.24) is 9.55 Å². The lowest BCUT2D eigenvalue weighted by Crippen LogP contribution is -2.37. The first-order valence-electron chi connectivity index (χ1n) is 8.96. The van der Waals surface area contributed by atoms with Crippen molar-refractivity contribution in [3.8, 4) is 5.75 Å². The van der Waals surface area contributed by atoms with Crippen LogP contribution in [0.1, 0.15) is 23.0 Å². The molecule has 7 heteroatoms. The second-order valence-corrected chi connectivity index (χ2v) is 6.67. The maximum absolute atomic E-state index is 12.7. The Morgan fingerprint density at radius 3 is 2.46 bits per heavy atom. The zero-order chi connectivity index (χ0) is 19.7. The van der Waals surface area contributed by atoms with Gasteiger partial charge in [-0.15, -0.1) is 0 Å². The van der Waals surface area contributed by atoms with E-state index in [0.717, 1.165) is 22.6 Å². The SMILES string of the molecule is COc1ccc(NC2=N[C@@H](c3ccc(C)cc3)n3c(nc(C)cc3=O)N2)cc1. The van der Waals surface area contributed by atoms with Crippen LogP contribution in [-0.2, 0) is 0 Å². The van der Waals surface area contributed by atoms with Crippen molar-refractivity contribution in [2.24, 2.45) is 4.99 Å². The van der Waals surface area contributed by atoms with Crippen molar-refractivity contribution in [3.05, 3.63) is 81.8 Å². The number of anilines is 2. The number of ether oxygens (including phenoxy) is 1. The van der Waals surface area contributed by atoms with Gasteiger partial charge in [0.1, 0.15) is 5.75 Å². The van der Waals surface area contributed by atoms with Crippen molar-refractivity contribution in [2.75, 3.05) is 17.7 Å². The summed E-state index contributed by atoms with van der Waals surface area (Å²) < 4.78 is 6.76. The van der Waals surface area contributed by atoms with Gasteiger partial charge in [0, 0.05) is 17.4 Å². The van der Waals surface area contributed by atoms with Gasteiger partial charge in [-0.1, -0.05) is 29.8 Å². The zero-order valence-electron chi connectivity index (χ0n) is 15.9. The lowest BCUT2D eigenvalue weighted by atomic mass is 10.1. The van der Waals surface area contributed by atoms with E-state index in [9.17, 15) is 4.79 Å². The number of nitrogens with one attached hydrogen (secondary N) is 2. The standard InChI is InChI=1S/C21H21N5O2/c1-13-4-6-15(7-5-13)19-24-20(23-16-8-10-17(28-3)11-9-16)25-21-22-14(2)12-18(27)26(19)21/h4-12,19H,1-3H3,(H2,22,23,24,25)/t19-/m1/s1. The summed E-state index contributed by atoms with van der Waals surface area (Å²) in [5.74, 6) is 1.76. The van der Waals surface area contributed by atoms with E-state index in [1.807, 2.05) is 55.5 Å². The smallest absolute Gasteiger partial charge is 0.257 e. The number of aliphatic imine (C=N–C) groups is 1. The summed E-state index contributed by atoms with van der Waals surface area (Å²) >= 11 is 0. The van der Waals surface area contributed by atoms with Crippen molar-refractivity contribution in [2.45, 2.75) is 20.0 Å². The average molecular weight is 375 g/mol. The molecule has 1 aliphatic rings. The predicted molar refractivity (Wildman–Crippen MR) is 110 cm³/mol. The second-order valence-electron chi connectivity index (χ2n) is 6.67. The van der Waals surface area contributed by atoms with Crippen LogP contribution in [0, 0.1) is 13.8 Å². The third-order valence-electron chi connectivity index (χ3n) is 4.53. The molecule has 7 nitrogen and oxygen atoms in total. The average Bonchev–Trinajstić information content (AvgIpc) is 2.68. The first-order chi connectivity index (χ1) is 13.5. The highest BCUT2D eigenvalue weighted by Gasteiger charge is 2.25. The fourth-order valence-corrected chi connectivity index (χ4v) is 3.09. The fourth-order valence-electron chi connectivity index (χ4n) is 3.09. The molecular weight excluding hydrogens is 354 g/mol. The molecule has 0 fully saturated rings. The molecule has 0 radical (unpaired) electrons. The molecule has 142 valence electrons. The van der Waals surface area contributed by atoms with Crippen LogP contribution >= 0.6 is 0 Å². The number of benzene rings is 2. The van der Waals surface area contributed by atoms with Crippen LogP contribution in [0.4, 0.5) is 11.6 Å². The Labute approximate surface area is 162 Å². The molecule has 0 bridgehead atoms. The molecule has 3 aromatic rings. The molecule has 1 atom stereocenters. The predicted octanol–water partition coefficient (Wildman–Crippen LogP) is 3.31. The van der Waals surface area contributed by atoms with Crippen molar-refractivity contribution < 1.29 is 4.74 Å². The van der Waals surface area contributed by atoms with Gasteiger partial charge in [0.25, 0.3) is 5.56 Å². The molecule has 0 spiro atoms. The van der Waals surface area contributed by atoms with Gasteiger partial charge in [-0.25, -0.2) is 9.98 Å². The topological polar surface area (TPSA) is 80.5 Å². The van der Waals surface area contributed by atoms with E-state index in [4.69, 9.17) is 9.73 Å². The number of aryl methyl sites for hydroxylation is 2. The van der Waals surface area contributed by atoms with Gasteiger partial charge in [-0.05, 0) is 43.7 Å². The van der Waals surface area contributed by atoms with E-state index >= 15 is 0 Å². The molecule has 0 unspecified atom stereocenters. The lowest BCUT2D eigenvalue weighted by Gasteiger charge is -2.27. The Morgan fingerprint density at radius 2 is 1.79 bits per heavy atom. The van der Waals surface area contributed by atoms with E-state index in [-0.39, 0.29) is 5.56 Å². The number of rotatable bonds is 3. The summed E-state index contributed by atoms with van der Waals surface area (Å²) in [6.45, 7) is 3.82. The van der Waals surface area contributed by atoms with E-state index < -0.39 is 6.17 Å². The van der Waals surface area contributed by atoms with E-state index in [2.05, 4.69) is 15.6 Å². The molecule has 1 aromatic heterocycles. The second kappa shape index (κ2) is 7.19. The van der Waals surface area contributed by atoms with Gasteiger partial charge in [0.05, 0.1) is 7.11 Å². The molecule has 0 amide bonds. The van der Waals surface area contributed by atoms with Crippen LogP contribution < -0.4 is 20.9 Å². The number of nitrogens with zero attached hydrogens (tertiary/aromatic N) is 3. The van der Waals surface area contributed by atoms with Crippen LogP contribution in [0.25, 0.3) is 0 Å². The van der Waals surface area contributed by atoms with Gasteiger partial charge < -0.3 is 10.1 Å². The van der Waals surface area contributed by atoms with Crippen LogP contribution in [0.2, 0.25) is 0 Å². The van der Waals surface area contributed by atoms with Crippen molar-refractivity contribution >= 4 is 17.6 Å². The van der Waals surface area contributed by atoms with Gasteiger partial charge in [-0.2, -0.15) is 0 Å². The van der Waals surface area contributed by atoms with Gasteiger partial charge in [-0.3, -0.25) is 14.7 Å². The summed E-state index contributed by atoms with van der Waals surface area (Å²) in [5.41, 5.74) is 3.41. The molecular formula is C21H21N5O2. The maximum atomic E-state index is 12.7. The third kappa shape index (κ3) is 3.46. The van der Waals surface area contributed by atoms with Gasteiger partial charge in [0.2, 0.25) is 11.9 Å². The molecule has 4 rings (SSSR count). The monoisotopic (exact) mass is 375 g/mol. The first kappa shape index (κ1) is 17.8. The summed E-state index contributed by atoms with van der Waals surface area (Å²) in [5, 5.41) is 6.38. The van der Waals surface area contributed by atoms with Gasteiger partial charge >= 0.3 is 0 Å². The summed E-state index contributed by atoms with van der Waals surface area (Å²) in [4.78, 5) is 21.9. The fraction of sp³-hybridized carbons (Fsp3) is 0.190. The van der Waals surface area contributed by atoms with Crippen LogP contribution in [0.15, 0.2) is 64.4 Å². The number of hydrogen-bond acceptors (Lipinski definition) is 6. The van der Waals surface area contributed by atoms with Gasteiger partial charge in [0.15, 0.2) is 6.17 Å². The van der Waals surface area contributed by atoms with Crippen molar-refractivity contribution in [3.63, 3.8) is 0 Å². The summed E-state index contributed by atoms with van der Waals surface area (Å²) in [7, 11) is 1.63. The lowest BCUT2D eigenvalue weighted by molar-refractivity contribution is 0.415. The Bertz CT molecular complexity index is 1090. The first-order valence-corrected chi connectivity index (χ1v) is 8.96. The van der Waals surface area contributed by atoms with Crippen LogP contribution in [0.5, 0.6) is 5.75 Å². The minimum atomic E-state index is -0.502. The Balaban J connectivity index is 1.75. The number of aromatic nitrogens is 2. The summed E-state index contributed by atoms with van der Waals surface area (Å²) in [6, 6.07) is 17.0. The van der Waals surface area contributed by atoms with E-state index in [0.29, 0.717) is 17.6 Å². The Hall–Kier alpha value is -3.61. The minimum absolute atomic E-state index is 0.146. The third-order valence-corrected chi connectivity index (χ3v) is 4.53. The minimum Gasteiger partial charge on any atom is -0.497 e. The molecule has 28 heavy (non-hydrogen) atoms. The highest BCUT2D eigenvalue weighted by Crippen LogP contribution is 2.26. The molecule has 1 aliphatic heterocycles. The molecule has 0 saturated heterocycles. The maximum Gasteiger partial charge on any atom is 0.257 e. The van der Waals surface area contributed by atoms with Crippen LogP contribution in [-0.4, -0.2) is 22.6 Å². The number of fused-ring (bicyclic) bond motifs is 1. The molecule has 2 N–H and O–H groups in total. The largest absolute Gasteiger partial charge is 0.497 e. The van der Waals surface area contributed by atoms with Crippen LogP contribution in [0.3, 0.4) is 0 Å². The Kier molecular flexibility index (Phi) is 4.57. The van der Waals surface area contributed by atoms with Crippen molar-refractivity contribution in [1.29, 1.82) is 0 Å². The number of methoxy groups -OCH3 is 1. The highest BCUT2D eigenvalue weighted by atomic mass is 16.5.